The Morgan fingerprint density at radius 2 is 1.57 bits per heavy atom. The van der Waals surface area contributed by atoms with E-state index in [9.17, 15) is 14.4 Å². The summed E-state index contributed by atoms with van der Waals surface area (Å²) in [5.74, 6) is -0.197. The molecule has 0 aliphatic heterocycles. The van der Waals surface area contributed by atoms with Crippen LogP contribution in [-0.2, 0) is 14.3 Å². The molecule has 0 bridgehead atoms. The molecule has 2 rings (SSSR count). The number of rotatable bonds is 6. The van der Waals surface area contributed by atoms with Crippen LogP contribution in [0.1, 0.15) is 15.9 Å². The molecule has 0 amide bonds. The molecule has 2 aromatic carbocycles. The highest BCUT2D eigenvalue weighted by Crippen LogP contribution is 2.18. The molecule has 0 N–H and O–H groups in total. The van der Waals surface area contributed by atoms with Crippen molar-refractivity contribution < 1.29 is 23.9 Å². The van der Waals surface area contributed by atoms with Gasteiger partial charge >= 0.3 is 5.97 Å². The van der Waals surface area contributed by atoms with Gasteiger partial charge in [0.25, 0.3) is 0 Å². The Morgan fingerprint density at radius 3 is 2.09 bits per heavy atom. The highest BCUT2D eigenvalue weighted by atomic mass is 16.6. The van der Waals surface area contributed by atoms with Crippen LogP contribution in [-0.4, -0.2) is 31.5 Å². The molecule has 0 unspecified atom stereocenters. The average Bonchev–Trinajstić information content (AvgIpc) is 2.60. The zero-order valence-corrected chi connectivity index (χ0v) is 12.3. The maximum Gasteiger partial charge on any atom is 0.343 e. The fourth-order valence-electron chi connectivity index (χ4n) is 1.81. The van der Waals surface area contributed by atoms with Crippen LogP contribution in [0.3, 0.4) is 0 Å². The van der Waals surface area contributed by atoms with Crippen molar-refractivity contribution in [2.75, 3.05) is 13.7 Å². The number of benzene rings is 2. The molecule has 23 heavy (non-hydrogen) atoms. The van der Waals surface area contributed by atoms with Crippen LogP contribution in [0.4, 0.5) is 5.69 Å². The number of carbonyl (C=O) groups is 2. The van der Waals surface area contributed by atoms with Crippen molar-refractivity contribution in [2.24, 2.45) is 4.99 Å². The number of ether oxygens (including phenoxy) is 2. The molecule has 0 saturated heterocycles. The highest BCUT2D eigenvalue weighted by molar-refractivity contribution is 6.09. The molecule has 0 spiro atoms. The summed E-state index contributed by atoms with van der Waals surface area (Å²) in [7, 11) is 1.28. The summed E-state index contributed by atoms with van der Waals surface area (Å²) >= 11 is 0. The molecule has 0 radical (unpaired) electrons. The third-order valence-corrected chi connectivity index (χ3v) is 3.01. The Morgan fingerprint density at radius 1 is 1.00 bits per heavy atom. The van der Waals surface area contributed by atoms with Crippen LogP contribution in [0.15, 0.2) is 53.5 Å². The van der Waals surface area contributed by atoms with E-state index in [4.69, 9.17) is 4.74 Å². The fraction of sp³-hybridized carbons (Fsp3) is 0.118. The van der Waals surface area contributed by atoms with Gasteiger partial charge in [-0.25, -0.2) is 9.59 Å². The summed E-state index contributed by atoms with van der Waals surface area (Å²) in [6.45, 7) is -0.192. The predicted octanol–water partition coefficient (Wildman–Crippen LogP) is 2.44. The van der Waals surface area contributed by atoms with E-state index in [1.54, 1.807) is 48.5 Å². The van der Waals surface area contributed by atoms with E-state index in [1.165, 1.54) is 13.2 Å². The van der Waals surface area contributed by atoms with E-state index in [-0.39, 0.29) is 12.4 Å². The quantitative estimate of drug-likeness (QED) is 0.354. The van der Waals surface area contributed by atoms with E-state index in [0.717, 1.165) is 0 Å². The number of carbonyl (C=O) groups excluding carboxylic acids is 3. The third-order valence-electron chi connectivity index (χ3n) is 3.01. The van der Waals surface area contributed by atoms with Crippen molar-refractivity contribution in [3.8, 4) is 5.75 Å². The van der Waals surface area contributed by atoms with Crippen LogP contribution in [0.2, 0.25) is 0 Å². The first-order valence-electron chi connectivity index (χ1n) is 6.66. The second kappa shape index (κ2) is 7.68. The number of esters is 1. The summed E-state index contributed by atoms with van der Waals surface area (Å²) in [5.41, 5.74) is 1.38. The molecule has 0 aliphatic rings. The van der Waals surface area contributed by atoms with E-state index in [0.29, 0.717) is 22.6 Å². The standard InChI is InChI=1S/C17H13NO5/c1-22-16(20)10-23-15-8-4-13(5-9-15)17(21)12-2-6-14(7-3-12)18-11-19/h2-9H,10H2,1H3. The third kappa shape index (κ3) is 4.36. The molecular weight excluding hydrogens is 298 g/mol. The average molecular weight is 311 g/mol. The van der Waals surface area contributed by atoms with E-state index >= 15 is 0 Å². The fourth-order valence-corrected chi connectivity index (χ4v) is 1.81. The van der Waals surface area contributed by atoms with Gasteiger partial charge in [-0.1, -0.05) is 0 Å². The summed E-state index contributed by atoms with van der Waals surface area (Å²) in [6.07, 6.45) is 1.44. The lowest BCUT2D eigenvalue weighted by atomic mass is 10.0. The van der Waals surface area contributed by atoms with Crippen LogP contribution >= 0.6 is 0 Å². The van der Waals surface area contributed by atoms with Gasteiger partial charge in [-0.05, 0) is 48.5 Å². The van der Waals surface area contributed by atoms with Gasteiger partial charge < -0.3 is 9.47 Å². The molecule has 0 heterocycles. The SMILES string of the molecule is COC(=O)COc1ccc(C(=O)c2ccc(N=C=O)cc2)cc1. The van der Waals surface area contributed by atoms with Crippen molar-refractivity contribution in [1.29, 1.82) is 0 Å². The minimum Gasteiger partial charge on any atom is -0.482 e. The second-order valence-electron chi connectivity index (χ2n) is 4.47. The Balaban J connectivity index is 2.07. The summed E-state index contributed by atoms with van der Waals surface area (Å²) in [5, 5.41) is 0. The maximum atomic E-state index is 12.3. The topological polar surface area (TPSA) is 82.0 Å². The van der Waals surface area contributed by atoms with Gasteiger partial charge in [0.15, 0.2) is 12.4 Å². The van der Waals surface area contributed by atoms with E-state index in [1.807, 2.05) is 0 Å². The van der Waals surface area contributed by atoms with Crippen LogP contribution in [0.25, 0.3) is 0 Å². The van der Waals surface area contributed by atoms with Crippen LogP contribution < -0.4 is 4.74 Å². The predicted molar refractivity (Wildman–Crippen MR) is 81.6 cm³/mol. The first kappa shape index (κ1) is 16.1. The monoisotopic (exact) mass is 311 g/mol. The lowest BCUT2D eigenvalue weighted by molar-refractivity contribution is -0.142. The number of hydrogen-bond donors (Lipinski definition) is 0. The smallest absolute Gasteiger partial charge is 0.343 e. The van der Waals surface area contributed by atoms with Crippen molar-refractivity contribution >= 4 is 23.5 Å². The number of hydrogen-bond acceptors (Lipinski definition) is 6. The molecule has 6 nitrogen and oxygen atoms in total. The van der Waals surface area contributed by atoms with E-state index in [2.05, 4.69) is 9.73 Å². The molecular formula is C17H13NO5. The number of aliphatic imine (C=N–C) groups is 1. The number of ketones is 1. The number of methoxy groups -OCH3 is 1. The Labute approximate surface area is 132 Å². The molecule has 0 aliphatic carbocycles. The Bertz CT molecular complexity index is 744. The van der Waals surface area contributed by atoms with Gasteiger partial charge in [0.1, 0.15) is 5.75 Å². The Hall–Kier alpha value is -3.24. The first-order valence-corrected chi connectivity index (χ1v) is 6.66. The number of isocyanates is 1. The summed E-state index contributed by atoms with van der Waals surface area (Å²) < 4.78 is 9.68. The molecule has 0 saturated carbocycles. The maximum absolute atomic E-state index is 12.3. The van der Waals surface area contributed by atoms with Gasteiger partial charge in [-0.3, -0.25) is 4.79 Å². The molecule has 116 valence electrons. The van der Waals surface area contributed by atoms with Gasteiger partial charge in [0, 0.05) is 11.1 Å². The number of nitrogens with zero attached hydrogens (tertiary/aromatic N) is 1. The van der Waals surface area contributed by atoms with Gasteiger partial charge in [-0.15, -0.1) is 0 Å². The molecule has 0 fully saturated rings. The van der Waals surface area contributed by atoms with Gasteiger partial charge in [0.05, 0.1) is 12.8 Å². The largest absolute Gasteiger partial charge is 0.482 e. The molecule has 0 aromatic heterocycles. The second-order valence-corrected chi connectivity index (χ2v) is 4.47. The minimum atomic E-state index is -0.483. The normalized spacial score (nSPS) is 9.61. The molecule has 0 atom stereocenters. The van der Waals surface area contributed by atoms with Crippen LogP contribution in [0, 0.1) is 0 Å². The van der Waals surface area contributed by atoms with Crippen molar-refractivity contribution in [2.45, 2.75) is 0 Å². The first-order chi connectivity index (χ1) is 11.1. The minimum absolute atomic E-state index is 0.175. The van der Waals surface area contributed by atoms with Gasteiger partial charge in [0.2, 0.25) is 6.08 Å². The Kier molecular flexibility index (Phi) is 5.39. The highest BCUT2D eigenvalue weighted by Gasteiger charge is 2.09. The van der Waals surface area contributed by atoms with Crippen molar-refractivity contribution in [3.63, 3.8) is 0 Å². The zero-order valence-electron chi connectivity index (χ0n) is 12.3. The molecule has 2 aromatic rings. The van der Waals surface area contributed by atoms with Crippen molar-refractivity contribution in [3.05, 3.63) is 59.7 Å². The van der Waals surface area contributed by atoms with Crippen molar-refractivity contribution in [1.82, 2.24) is 0 Å². The lowest BCUT2D eigenvalue weighted by Crippen LogP contribution is -2.12. The van der Waals surface area contributed by atoms with E-state index < -0.39 is 5.97 Å². The van der Waals surface area contributed by atoms with Gasteiger partial charge in [-0.2, -0.15) is 4.99 Å². The zero-order chi connectivity index (χ0) is 16.7. The summed E-state index contributed by atoms with van der Waals surface area (Å²) in [4.78, 5) is 36.9. The molecule has 6 heteroatoms. The van der Waals surface area contributed by atoms with Crippen LogP contribution in [0.5, 0.6) is 5.75 Å². The lowest BCUT2D eigenvalue weighted by Gasteiger charge is -2.06. The summed E-state index contributed by atoms with van der Waals surface area (Å²) in [6, 6.07) is 12.7.